The fraction of sp³-hybridized carbons (Fsp3) is 0.470. The van der Waals surface area contributed by atoms with Gasteiger partial charge in [-0.05, 0) is 86.8 Å². The van der Waals surface area contributed by atoms with Gasteiger partial charge in [0, 0.05) is 109 Å². The van der Waals surface area contributed by atoms with E-state index in [-0.39, 0.29) is 100 Å². The zero-order chi connectivity index (χ0) is 72.6. The minimum atomic E-state index is -5.85. The number of aryl methyl sites for hydroxylation is 2. The Kier molecular flexibility index (Phi) is 26.0. The van der Waals surface area contributed by atoms with Crippen molar-refractivity contribution in [2.75, 3.05) is 97.0 Å². The molecule has 8 N–H and O–H groups in total. The molecule has 0 saturated carbocycles. The van der Waals surface area contributed by atoms with Crippen LogP contribution in [0.1, 0.15) is 130 Å². The highest BCUT2D eigenvalue weighted by Gasteiger charge is 2.44. The number of amides is 3. The molecule has 0 spiro atoms. The summed E-state index contributed by atoms with van der Waals surface area (Å²) in [6.45, 7) is 3.75. The summed E-state index contributed by atoms with van der Waals surface area (Å²) in [4.78, 5) is 118. The predicted molar refractivity (Wildman–Crippen MR) is 356 cm³/mol. The van der Waals surface area contributed by atoms with Crippen molar-refractivity contribution in [2.24, 2.45) is 0 Å². The predicted octanol–water partition coefficient (Wildman–Crippen LogP) is 2.42. The van der Waals surface area contributed by atoms with Crippen LogP contribution in [0.15, 0.2) is 70.3 Å². The summed E-state index contributed by atoms with van der Waals surface area (Å²) < 4.78 is 90.1. The van der Waals surface area contributed by atoms with Gasteiger partial charge in [-0.15, -0.1) is 0 Å². The number of ether oxygens (including phenoxy) is 7. The van der Waals surface area contributed by atoms with E-state index in [1.807, 2.05) is 11.1 Å². The van der Waals surface area contributed by atoms with Crippen LogP contribution < -0.4 is 57.1 Å². The molecule has 4 aromatic rings. The van der Waals surface area contributed by atoms with Gasteiger partial charge >= 0.3 is 35.3 Å². The Hall–Kier alpha value is -8.80. The highest BCUT2D eigenvalue weighted by Crippen LogP contribution is 2.66. The van der Waals surface area contributed by atoms with E-state index in [0.29, 0.717) is 31.4 Å². The number of nitrogens with zero attached hydrogens (tertiary/aromatic N) is 5. The van der Waals surface area contributed by atoms with Crippen molar-refractivity contribution < 1.29 is 104 Å². The lowest BCUT2D eigenvalue weighted by Crippen LogP contribution is -2.45. The Morgan fingerprint density at radius 1 is 0.804 bits per heavy atom. The monoisotopic (exact) mass is 1470 g/mol. The minimum absolute atomic E-state index is 0.0610. The molecule has 1 fully saturated rings. The van der Waals surface area contributed by atoms with Gasteiger partial charge in [-0.25, -0.2) is 27.9 Å². The van der Waals surface area contributed by atoms with E-state index in [0.717, 1.165) is 129 Å². The number of carbonyl (C=O) groups excluding carboxylic acids is 4. The SMILES string of the molecule is N#C/C=C/O[C@@H]1C[C@H](n2cc(C#CCNC(=O)OCCO/C=C(\C#N)CCOCCOCCNC(=O)CCCCCNC(=O)c3ccc(C4=c5cc6c7c(c5Oc5c4cc4c8c5CCCN8CCC4)CCC[N+]=7CCC6)c(C(=O)[O-])c3)c(=O)[nH]c2=O)O[C@@H]1COP(=O)(O)OP(=O)(O)OP(=O)(O)O. The van der Waals surface area contributed by atoms with Gasteiger partial charge in [-0.3, -0.25) is 28.5 Å². The van der Waals surface area contributed by atoms with E-state index < -0.39 is 77.7 Å². The number of unbranched alkanes of at least 4 members (excludes halogenated alkanes) is 2. The molecule has 0 bridgehead atoms. The number of carboxylic acids is 1. The summed E-state index contributed by atoms with van der Waals surface area (Å²) in [5.74, 6) is 4.67. The number of H-pyrrole nitrogens is 1. The van der Waals surface area contributed by atoms with E-state index in [1.54, 1.807) is 18.2 Å². The van der Waals surface area contributed by atoms with Crippen molar-refractivity contribution in [3.05, 3.63) is 142 Å². The van der Waals surface area contributed by atoms with Gasteiger partial charge < -0.3 is 83.5 Å². The highest BCUT2D eigenvalue weighted by molar-refractivity contribution is 7.66. The van der Waals surface area contributed by atoms with Gasteiger partial charge in [0.15, 0.2) is 0 Å². The molecule has 0 aliphatic carbocycles. The number of benzene rings is 3. The van der Waals surface area contributed by atoms with Crippen LogP contribution in [0.5, 0.6) is 11.5 Å². The van der Waals surface area contributed by atoms with E-state index in [4.69, 9.17) is 48.2 Å². The van der Waals surface area contributed by atoms with Crippen LogP contribution in [0, 0.1) is 34.5 Å². The standard InChI is InChI=1S/C66H76N9O24P3/c67-19-9-27-93-53-37-56(96-54(53)41-95-101(86,87)99-102(88,89)98-100(83,84)85)75-39-46(63(78)72-65(75)81)10-4-21-71-66(82)94-33-32-92-40-42(38-68)18-28-90-30-31-91-29-22-69-55(76)15-2-1-3-20-70-62(77)45-16-17-47(50(36-45)64(79)80)57-51-34-43-11-5-23-73-25-7-13-48(58(43)73)60(51)97-61-49-14-8-26-74-24-6-12-44(59(49)74)35-52(57)61/h9,16-17,27,34-36,39-40,53-54,56H,1-3,5-8,11-15,18,20-26,28-33,37,41H2,(H8-,69,70,71,72,76,77,78,79,80,81,82,83,84,85,86,87,88,89)/b27-9+,42-40-/t53-,54-,56-/m1/s1. The number of anilines is 1. The van der Waals surface area contributed by atoms with E-state index in [2.05, 4.69) is 62.5 Å². The van der Waals surface area contributed by atoms with Crippen LogP contribution in [0.3, 0.4) is 0 Å². The van der Waals surface area contributed by atoms with Crippen molar-refractivity contribution in [1.82, 2.24) is 30.1 Å². The molecular weight excluding hydrogens is 1400 g/mol. The number of carbonyl (C=O) groups is 4. The first-order valence-corrected chi connectivity index (χ1v) is 37.6. The van der Waals surface area contributed by atoms with Crippen LogP contribution in [-0.4, -0.2) is 157 Å². The number of hydrogen-bond acceptors (Lipinski definition) is 23. The summed E-state index contributed by atoms with van der Waals surface area (Å²) in [5.41, 5.74) is 6.48. The first kappa shape index (κ1) is 75.9. The molecule has 5 atom stereocenters. The molecule has 6 aliphatic rings. The van der Waals surface area contributed by atoms with Crippen LogP contribution in [0.2, 0.25) is 0 Å². The quantitative estimate of drug-likeness (QED) is 0.00746. The van der Waals surface area contributed by atoms with Crippen LogP contribution in [0.25, 0.3) is 5.57 Å². The van der Waals surface area contributed by atoms with Crippen LogP contribution >= 0.6 is 23.5 Å². The molecule has 10 rings (SSSR count). The largest absolute Gasteiger partial charge is 0.545 e. The van der Waals surface area contributed by atoms with Crippen LogP contribution in [-0.2, 0) is 85.7 Å². The molecule has 7 heterocycles. The lowest BCUT2D eigenvalue weighted by Gasteiger charge is -2.39. The molecule has 6 aliphatic heterocycles. The van der Waals surface area contributed by atoms with E-state index in [1.165, 1.54) is 45.6 Å². The lowest BCUT2D eigenvalue weighted by atomic mass is 9.81. The Morgan fingerprint density at radius 3 is 2.34 bits per heavy atom. The number of phosphoric acid groups is 3. The first-order valence-electron chi connectivity index (χ1n) is 33.1. The van der Waals surface area contributed by atoms with Gasteiger partial charge in [-0.2, -0.15) is 19.1 Å². The first-order chi connectivity index (χ1) is 49.0. The van der Waals surface area contributed by atoms with Gasteiger partial charge in [-0.1, -0.05) is 24.3 Å². The number of phosphoric ester groups is 1. The smallest absolute Gasteiger partial charge is 0.490 e. The summed E-state index contributed by atoms with van der Waals surface area (Å²) in [5, 5.41) is 41.8. The number of rotatable bonds is 33. The number of hydrogen-bond donors (Lipinski definition) is 8. The number of fused-ring (bicyclic) bond motifs is 4. The summed E-state index contributed by atoms with van der Waals surface area (Å²) in [7, 11) is -17.1. The maximum atomic E-state index is 13.6. The fourth-order valence-electron chi connectivity index (χ4n) is 13.0. The highest BCUT2D eigenvalue weighted by atomic mass is 31.3. The minimum Gasteiger partial charge on any atom is -0.545 e. The molecule has 33 nitrogen and oxygen atoms in total. The second-order valence-corrected chi connectivity index (χ2v) is 28.7. The molecule has 102 heavy (non-hydrogen) atoms. The Balaban J connectivity index is 0.583. The molecule has 0 radical (unpaired) electrons. The number of aromatic nitrogens is 2. The second kappa shape index (κ2) is 34.9. The molecule has 2 unspecified atom stereocenters. The summed E-state index contributed by atoms with van der Waals surface area (Å²) in [6, 6.07) is 13.0. The third-order valence-corrected chi connectivity index (χ3v) is 21.1. The molecule has 544 valence electrons. The van der Waals surface area contributed by atoms with Crippen molar-refractivity contribution in [2.45, 2.75) is 108 Å². The van der Waals surface area contributed by atoms with Gasteiger partial charge in [0.1, 0.15) is 61.8 Å². The number of allylic oxidation sites excluding steroid dienone is 1. The number of aromatic amines is 1. The maximum absolute atomic E-state index is 13.6. The van der Waals surface area contributed by atoms with Crippen molar-refractivity contribution in [3.8, 4) is 35.5 Å². The van der Waals surface area contributed by atoms with E-state index in [9.17, 15) is 62.6 Å². The number of nitrogens with one attached hydrogen (secondary N) is 4. The average molecular weight is 1470 g/mol. The zero-order valence-corrected chi connectivity index (χ0v) is 57.9. The number of carboxylic acid groups (broad SMARTS) is 1. The normalized spacial score (nSPS) is 18.4. The van der Waals surface area contributed by atoms with Crippen molar-refractivity contribution in [1.29, 1.82) is 10.5 Å². The molecule has 36 heteroatoms. The number of alkyl carbamates (subject to hydrolysis) is 1. The molecular formula is C66H76N9O24P3. The summed E-state index contributed by atoms with van der Waals surface area (Å²) >= 11 is 0. The zero-order valence-electron chi connectivity index (χ0n) is 55.3. The van der Waals surface area contributed by atoms with Crippen molar-refractivity contribution in [3.63, 3.8) is 0 Å². The fourth-order valence-corrected chi connectivity index (χ4v) is 16.0. The van der Waals surface area contributed by atoms with Crippen LogP contribution in [0.4, 0.5) is 10.5 Å². The number of aromatic carboxylic acids is 1. The van der Waals surface area contributed by atoms with Gasteiger partial charge in [0.05, 0.1) is 87.4 Å². The Bertz CT molecular complexity index is 4500. The Morgan fingerprint density at radius 2 is 1.57 bits per heavy atom. The van der Waals surface area contributed by atoms with Gasteiger partial charge in [0.2, 0.25) is 11.3 Å². The third kappa shape index (κ3) is 19.9. The molecule has 3 aromatic carbocycles. The topological polar surface area (TPSA) is 461 Å². The maximum Gasteiger partial charge on any atom is 0.490 e. The van der Waals surface area contributed by atoms with Crippen molar-refractivity contribution >= 4 is 58.6 Å². The third-order valence-electron chi connectivity index (χ3n) is 17.3. The lowest BCUT2D eigenvalue weighted by molar-refractivity contribution is -0.255. The van der Waals surface area contributed by atoms with E-state index >= 15 is 0 Å². The molecule has 1 aromatic heterocycles. The Labute approximate surface area is 583 Å². The van der Waals surface area contributed by atoms with Gasteiger partial charge in [0.25, 0.3) is 11.5 Å². The molecule has 1 saturated heterocycles. The average Bonchev–Trinajstić information content (AvgIpc) is 0.788. The number of nitriles is 2. The molecule has 3 amide bonds. The summed E-state index contributed by atoms with van der Waals surface area (Å²) in [6.07, 6.45) is 9.02. The second-order valence-electron chi connectivity index (χ2n) is 24.3.